The summed E-state index contributed by atoms with van der Waals surface area (Å²) in [5, 5.41) is 2.10. The second-order valence-corrected chi connectivity index (χ2v) is 5.65. The van der Waals surface area contributed by atoms with Gasteiger partial charge in [0, 0.05) is 35.0 Å². The van der Waals surface area contributed by atoms with Gasteiger partial charge in [0.15, 0.2) is 0 Å². The van der Waals surface area contributed by atoms with Crippen LogP contribution in [0.5, 0.6) is 0 Å². The number of rotatable bonds is 3. The molecule has 2 rings (SSSR count). The Morgan fingerprint density at radius 2 is 2.44 bits per heavy atom. The Labute approximate surface area is 113 Å². The van der Waals surface area contributed by atoms with Crippen LogP contribution in [0.2, 0.25) is 0 Å². The van der Waals surface area contributed by atoms with Crippen molar-refractivity contribution in [3.63, 3.8) is 0 Å². The zero-order chi connectivity index (χ0) is 13.0. The maximum atomic E-state index is 5.61. The molecule has 0 aliphatic carbocycles. The predicted molar refractivity (Wildman–Crippen MR) is 75.5 cm³/mol. The highest BCUT2D eigenvalue weighted by molar-refractivity contribution is 7.10. The summed E-state index contributed by atoms with van der Waals surface area (Å²) in [6.07, 6.45) is 1.47. The van der Waals surface area contributed by atoms with E-state index >= 15 is 0 Å². The molecule has 2 unspecified atom stereocenters. The van der Waals surface area contributed by atoms with Crippen LogP contribution < -0.4 is 5.73 Å². The number of nitrogens with zero attached hydrogens (tertiary/aromatic N) is 1. The quantitative estimate of drug-likeness (QED) is 0.844. The van der Waals surface area contributed by atoms with Crippen LogP contribution in [0.4, 0.5) is 0 Å². The molecular weight excluding hydrogens is 244 g/mol. The van der Waals surface area contributed by atoms with E-state index in [4.69, 9.17) is 10.5 Å². The van der Waals surface area contributed by atoms with Crippen molar-refractivity contribution in [2.75, 3.05) is 20.2 Å². The Balaban J connectivity index is 1.94. The maximum Gasteiger partial charge on any atom is 0.0703 e. The highest BCUT2D eigenvalue weighted by Crippen LogP contribution is 2.22. The van der Waals surface area contributed by atoms with Gasteiger partial charge in [-0.05, 0) is 26.5 Å². The number of hydrogen-bond acceptors (Lipinski definition) is 4. The first-order valence-corrected chi connectivity index (χ1v) is 7.17. The molecule has 18 heavy (non-hydrogen) atoms. The Hall–Kier alpha value is -0.860. The Kier molecular flexibility index (Phi) is 4.79. The fourth-order valence-electron chi connectivity index (χ4n) is 2.34. The average molecular weight is 264 g/mol. The second kappa shape index (κ2) is 6.35. The van der Waals surface area contributed by atoms with Crippen LogP contribution in [0, 0.1) is 11.8 Å². The summed E-state index contributed by atoms with van der Waals surface area (Å²) >= 11 is 1.76. The lowest BCUT2D eigenvalue weighted by atomic mass is 10.1. The summed E-state index contributed by atoms with van der Waals surface area (Å²) in [4.78, 5) is 3.72. The lowest BCUT2D eigenvalue weighted by Gasteiger charge is -2.25. The summed E-state index contributed by atoms with van der Waals surface area (Å²) in [7, 11) is 2.17. The van der Waals surface area contributed by atoms with E-state index in [1.807, 2.05) is 0 Å². The smallest absolute Gasteiger partial charge is 0.0703 e. The summed E-state index contributed by atoms with van der Waals surface area (Å²) < 4.78 is 5.61. The molecule has 4 heteroatoms. The average Bonchev–Trinajstić information content (AvgIpc) is 2.95. The van der Waals surface area contributed by atoms with Crippen molar-refractivity contribution >= 4 is 11.3 Å². The Bertz CT molecular complexity index is 446. The van der Waals surface area contributed by atoms with Crippen molar-refractivity contribution < 1.29 is 4.74 Å². The van der Waals surface area contributed by atoms with Crippen molar-refractivity contribution in [3.05, 3.63) is 21.9 Å². The summed E-state index contributed by atoms with van der Waals surface area (Å²) in [5.74, 6) is 5.95. The minimum absolute atomic E-state index is 0.339. The SMILES string of the molecule is CC1OCCC1N(C)Cc1cc(C#CCN)cs1. The topological polar surface area (TPSA) is 38.5 Å². The summed E-state index contributed by atoms with van der Waals surface area (Å²) in [6, 6.07) is 2.69. The monoisotopic (exact) mass is 264 g/mol. The molecule has 2 N–H and O–H groups in total. The molecule has 1 fully saturated rings. The fourth-order valence-corrected chi connectivity index (χ4v) is 3.22. The van der Waals surface area contributed by atoms with Crippen LogP contribution in [-0.2, 0) is 11.3 Å². The van der Waals surface area contributed by atoms with E-state index in [-0.39, 0.29) is 0 Å². The number of hydrogen-bond donors (Lipinski definition) is 1. The van der Waals surface area contributed by atoms with E-state index in [1.165, 1.54) is 4.88 Å². The molecule has 0 radical (unpaired) electrons. The molecule has 2 atom stereocenters. The van der Waals surface area contributed by atoms with E-state index < -0.39 is 0 Å². The normalized spacial score (nSPS) is 23.1. The summed E-state index contributed by atoms with van der Waals surface area (Å²) in [5.41, 5.74) is 6.44. The van der Waals surface area contributed by atoms with E-state index in [2.05, 4.69) is 42.2 Å². The first-order chi connectivity index (χ1) is 8.70. The molecule has 0 saturated carbocycles. The van der Waals surface area contributed by atoms with Gasteiger partial charge in [0.05, 0.1) is 12.6 Å². The van der Waals surface area contributed by atoms with Crippen LogP contribution in [-0.4, -0.2) is 37.2 Å². The van der Waals surface area contributed by atoms with Crippen LogP contribution in [0.25, 0.3) is 0 Å². The Morgan fingerprint density at radius 3 is 3.11 bits per heavy atom. The largest absolute Gasteiger partial charge is 0.377 e. The van der Waals surface area contributed by atoms with Crippen LogP contribution in [0.15, 0.2) is 11.4 Å². The molecular formula is C14H20N2OS. The Morgan fingerprint density at radius 1 is 1.61 bits per heavy atom. The fraction of sp³-hybridized carbons (Fsp3) is 0.571. The lowest BCUT2D eigenvalue weighted by Crippen LogP contribution is -2.35. The first kappa shape index (κ1) is 13.6. The van der Waals surface area contributed by atoms with E-state index in [0.29, 0.717) is 18.7 Å². The summed E-state index contributed by atoms with van der Waals surface area (Å²) in [6.45, 7) is 4.42. The third-order valence-corrected chi connectivity index (χ3v) is 4.22. The maximum absolute atomic E-state index is 5.61. The van der Waals surface area contributed by atoms with Gasteiger partial charge in [0.2, 0.25) is 0 Å². The number of ether oxygens (including phenoxy) is 1. The van der Waals surface area contributed by atoms with Crippen molar-refractivity contribution in [1.82, 2.24) is 4.90 Å². The zero-order valence-electron chi connectivity index (χ0n) is 11.0. The molecule has 1 aromatic heterocycles. The third-order valence-electron chi connectivity index (χ3n) is 3.30. The molecule has 1 aliphatic heterocycles. The lowest BCUT2D eigenvalue weighted by molar-refractivity contribution is 0.0817. The van der Waals surface area contributed by atoms with Gasteiger partial charge in [-0.1, -0.05) is 11.8 Å². The minimum Gasteiger partial charge on any atom is -0.377 e. The molecule has 1 aromatic rings. The van der Waals surface area contributed by atoms with E-state index in [1.54, 1.807) is 11.3 Å². The third kappa shape index (κ3) is 3.33. The van der Waals surface area contributed by atoms with Crippen LogP contribution in [0.3, 0.4) is 0 Å². The van der Waals surface area contributed by atoms with Gasteiger partial charge < -0.3 is 10.5 Å². The van der Waals surface area contributed by atoms with Crippen molar-refractivity contribution in [2.24, 2.45) is 5.73 Å². The molecule has 0 spiro atoms. The minimum atomic E-state index is 0.339. The van der Waals surface area contributed by atoms with Gasteiger partial charge in [-0.25, -0.2) is 0 Å². The van der Waals surface area contributed by atoms with Crippen molar-refractivity contribution in [3.8, 4) is 11.8 Å². The number of likely N-dealkylation sites (N-methyl/N-ethyl adjacent to an activating group) is 1. The highest BCUT2D eigenvalue weighted by atomic mass is 32.1. The molecule has 98 valence electrons. The second-order valence-electron chi connectivity index (χ2n) is 4.65. The molecule has 0 bridgehead atoms. The van der Waals surface area contributed by atoms with Gasteiger partial charge in [-0.2, -0.15) is 0 Å². The molecule has 2 heterocycles. The molecule has 1 aliphatic rings. The van der Waals surface area contributed by atoms with Gasteiger partial charge in [0.25, 0.3) is 0 Å². The van der Waals surface area contributed by atoms with Crippen LogP contribution in [0.1, 0.15) is 23.8 Å². The molecule has 3 nitrogen and oxygen atoms in total. The number of thiophene rings is 1. The zero-order valence-corrected chi connectivity index (χ0v) is 11.8. The molecule has 1 saturated heterocycles. The van der Waals surface area contributed by atoms with E-state index in [9.17, 15) is 0 Å². The van der Waals surface area contributed by atoms with Gasteiger partial charge in [0.1, 0.15) is 0 Å². The molecule has 0 amide bonds. The van der Waals surface area contributed by atoms with Crippen molar-refractivity contribution in [2.45, 2.75) is 32.0 Å². The van der Waals surface area contributed by atoms with Gasteiger partial charge >= 0.3 is 0 Å². The van der Waals surface area contributed by atoms with Gasteiger partial charge in [-0.15, -0.1) is 11.3 Å². The van der Waals surface area contributed by atoms with E-state index in [0.717, 1.165) is 25.1 Å². The first-order valence-electron chi connectivity index (χ1n) is 6.29. The standard InChI is InChI=1S/C14H20N2OS/c1-11-14(5-7-17-11)16(2)9-13-8-12(10-18-13)4-3-6-15/h8,10-11,14H,5-7,9,15H2,1-2H3. The van der Waals surface area contributed by atoms with Crippen LogP contribution >= 0.6 is 11.3 Å². The number of nitrogens with two attached hydrogens (primary N) is 1. The van der Waals surface area contributed by atoms with Gasteiger partial charge in [-0.3, -0.25) is 4.90 Å². The predicted octanol–water partition coefficient (Wildman–Crippen LogP) is 1.67. The molecule has 0 aromatic carbocycles. The van der Waals surface area contributed by atoms with Crippen molar-refractivity contribution in [1.29, 1.82) is 0 Å². The highest BCUT2D eigenvalue weighted by Gasteiger charge is 2.27.